The number of hydrogen-bond donors (Lipinski definition) is 0. The summed E-state index contributed by atoms with van der Waals surface area (Å²) in [6.07, 6.45) is -1.03. The summed E-state index contributed by atoms with van der Waals surface area (Å²) in [5.74, 6) is -0.485. The number of nitriles is 1. The van der Waals surface area contributed by atoms with Crippen LogP contribution < -0.4 is 4.74 Å². The van der Waals surface area contributed by atoms with Gasteiger partial charge in [0.1, 0.15) is 5.56 Å². The quantitative estimate of drug-likeness (QED) is 0.731. The number of methoxy groups -OCH3 is 1. The number of pyridine rings is 1. The molecule has 0 bridgehead atoms. The van der Waals surface area contributed by atoms with Gasteiger partial charge in [0.05, 0.1) is 13.2 Å². The second-order valence-electron chi connectivity index (χ2n) is 2.79. The fraction of sp³-hybridized carbons (Fsp3) is 0.200. The summed E-state index contributed by atoms with van der Waals surface area (Å²) in [6, 6.07) is 2.56. The van der Waals surface area contributed by atoms with Gasteiger partial charge in [0.2, 0.25) is 5.88 Å². The summed E-state index contributed by atoms with van der Waals surface area (Å²) in [4.78, 5) is 3.51. The van der Waals surface area contributed by atoms with Gasteiger partial charge in [0.25, 0.3) is 0 Å². The molecule has 0 N–H and O–H groups in total. The van der Waals surface area contributed by atoms with Crippen LogP contribution in [0.4, 0.5) is 13.2 Å². The van der Waals surface area contributed by atoms with E-state index in [1.54, 1.807) is 6.07 Å². The molecule has 0 aliphatic heterocycles. The summed E-state index contributed by atoms with van der Waals surface area (Å²) in [5, 5.41) is 8.25. The van der Waals surface area contributed by atoms with Crippen LogP contribution in [0.3, 0.4) is 0 Å². The summed E-state index contributed by atoms with van der Waals surface area (Å²) in [6.45, 7) is 0. The highest BCUT2D eigenvalue weighted by Gasteiger charge is 2.35. The number of halogens is 3. The lowest BCUT2D eigenvalue weighted by molar-refractivity contribution is -0.139. The first-order valence-electron chi connectivity index (χ1n) is 4.16. The average molecular weight is 228 g/mol. The van der Waals surface area contributed by atoms with Gasteiger partial charge in [0, 0.05) is 12.3 Å². The van der Waals surface area contributed by atoms with Gasteiger partial charge in [-0.05, 0) is 17.7 Å². The van der Waals surface area contributed by atoms with Gasteiger partial charge in [-0.25, -0.2) is 4.98 Å². The molecule has 0 amide bonds. The van der Waals surface area contributed by atoms with Crippen LogP contribution in [0.2, 0.25) is 0 Å². The minimum absolute atomic E-state index is 0.190. The molecule has 1 aromatic heterocycles. The molecule has 1 rings (SSSR count). The molecule has 0 radical (unpaired) electrons. The normalized spacial score (nSPS) is 11.4. The summed E-state index contributed by atoms with van der Waals surface area (Å²) >= 11 is 0. The zero-order valence-electron chi connectivity index (χ0n) is 8.25. The zero-order valence-corrected chi connectivity index (χ0v) is 8.25. The van der Waals surface area contributed by atoms with Crippen LogP contribution in [0.5, 0.6) is 5.88 Å². The van der Waals surface area contributed by atoms with Crippen molar-refractivity contribution in [2.24, 2.45) is 0 Å². The minimum atomic E-state index is -4.53. The maximum atomic E-state index is 12.5. The molecule has 0 aliphatic carbocycles. The Balaban J connectivity index is 3.23. The van der Waals surface area contributed by atoms with Gasteiger partial charge in [-0.15, -0.1) is 0 Å². The van der Waals surface area contributed by atoms with E-state index in [1.807, 2.05) is 0 Å². The fourth-order valence-corrected chi connectivity index (χ4v) is 1.06. The van der Waals surface area contributed by atoms with Gasteiger partial charge in [-0.3, -0.25) is 0 Å². The second-order valence-corrected chi connectivity index (χ2v) is 2.79. The van der Waals surface area contributed by atoms with Gasteiger partial charge < -0.3 is 4.74 Å². The molecule has 84 valence electrons. The maximum Gasteiger partial charge on any atom is 0.421 e. The number of hydrogen-bond acceptors (Lipinski definition) is 3. The Morgan fingerprint density at radius 2 is 2.19 bits per heavy atom. The van der Waals surface area contributed by atoms with Crippen LogP contribution in [0, 0.1) is 11.3 Å². The Morgan fingerprint density at radius 1 is 1.50 bits per heavy atom. The lowest BCUT2D eigenvalue weighted by Crippen LogP contribution is -2.09. The van der Waals surface area contributed by atoms with Crippen molar-refractivity contribution in [1.82, 2.24) is 4.98 Å². The molecular weight excluding hydrogens is 221 g/mol. The van der Waals surface area contributed by atoms with Crippen LogP contribution in [-0.4, -0.2) is 12.1 Å². The molecule has 0 atom stereocenters. The first kappa shape index (κ1) is 12.0. The van der Waals surface area contributed by atoms with Crippen molar-refractivity contribution in [3.63, 3.8) is 0 Å². The Hall–Kier alpha value is -2.03. The second kappa shape index (κ2) is 4.66. The van der Waals surface area contributed by atoms with Crippen LogP contribution in [0.15, 0.2) is 18.3 Å². The Labute approximate surface area is 89.8 Å². The molecule has 0 saturated carbocycles. The Bertz CT molecular complexity index is 446. The smallest absolute Gasteiger partial charge is 0.421 e. The molecule has 0 fully saturated rings. The van der Waals surface area contributed by atoms with Gasteiger partial charge in [0.15, 0.2) is 0 Å². The first-order chi connectivity index (χ1) is 7.49. The van der Waals surface area contributed by atoms with Crippen molar-refractivity contribution in [3.8, 4) is 11.9 Å². The largest absolute Gasteiger partial charge is 0.481 e. The number of allylic oxidation sites excluding steroid dienone is 1. The number of aromatic nitrogens is 1. The molecule has 16 heavy (non-hydrogen) atoms. The van der Waals surface area contributed by atoms with Gasteiger partial charge in [-0.1, -0.05) is 0 Å². The van der Waals surface area contributed by atoms with E-state index < -0.39 is 17.6 Å². The molecular formula is C10H7F3N2O. The highest BCUT2D eigenvalue weighted by molar-refractivity contribution is 5.53. The molecule has 0 aromatic carbocycles. The number of rotatable bonds is 2. The van der Waals surface area contributed by atoms with E-state index in [9.17, 15) is 13.2 Å². The molecule has 6 heteroatoms. The predicted octanol–water partition coefficient (Wildman–Crippen LogP) is 2.65. The van der Waals surface area contributed by atoms with E-state index >= 15 is 0 Å². The highest BCUT2D eigenvalue weighted by atomic mass is 19.4. The Morgan fingerprint density at radius 3 is 2.69 bits per heavy atom. The topological polar surface area (TPSA) is 45.9 Å². The van der Waals surface area contributed by atoms with E-state index in [-0.39, 0.29) is 5.56 Å². The molecule has 0 saturated heterocycles. The third-order valence-electron chi connectivity index (χ3n) is 1.72. The molecule has 0 spiro atoms. The van der Waals surface area contributed by atoms with Crippen LogP contribution in [0.25, 0.3) is 6.08 Å². The van der Waals surface area contributed by atoms with E-state index in [2.05, 4.69) is 9.72 Å². The maximum absolute atomic E-state index is 12.5. The van der Waals surface area contributed by atoms with Crippen LogP contribution >= 0.6 is 0 Å². The molecule has 3 nitrogen and oxygen atoms in total. The third-order valence-corrected chi connectivity index (χ3v) is 1.72. The van der Waals surface area contributed by atoms with E-state index in [1.165, 1.54) is 12.3 Å². The van der Waals surface area contributed by atoms with E-state index in [4.69, 9.17) is 5.26 Å². The molecule has 1 aromatic rings. The third kappa shape index (κ3) is 2.73. The van der Waals surface area contributed by atoms with Crippen molar-refractivity contribution in [1.29, 1.82) is 5.26 Å². The van der Waals surface area contributed by atoms with Crippen molar-refractivity contribution >= 4 is 6.08 Å². The molecule has 0 unspecified atom stereocenters. The predicted molar refractivity (Wildman–Crippen MR) is 50.4 cm³/mol. The van der Waals surface area contributed by atoms with Crippen molar-refractivity contribution in [3.05, 3.63) is 29.5 Å². The molecule has 0 aliphatic rings. The van der Waals surface area contributed by atoms with Crippen molar-refractivity contribution in [2.45, 2.75) is 6.18 Å². The van der Waals surface area contributed by atoms with Crippen LogP contribution in [0.1, 0.15) is 11.1 Å². The number of alkyl halides is 3. The summed E-state index contributed by atoms with van der Waals surface area (Å²) in [5.41, 5.74) is -0.773. The van der Waals surface area contributed by atoms with Crippen molar-refractivity contribution < 1.29 is 17.9 Å². The van der Waals surface area contributed by atoms with E-state index in [0.717, 1.165) is 19.3 Å². The standard InChI is InChI=1S/C10H7F3N2O/c1-16-9-8(10(11,12)13)5-7(6-15-9)3-2-4-14/h2-3,5-6H,1H3. The Kier molecular flexibility index (Phi) is 3.51. The zero-order chi connectivity index (χ0) is 12.2. The summed E-state index contributed by atoms with van der Waals surface area (Å²) < 4.78 is 42.1. The monoisotopic (exact) mass is 228 g/mol. The average Bonchev–Trinajstić information content (AvgIpc) is 2.24. The van der Waals surface area contributed by atoms with Gasteiger partial charge >= 0.3 is 6.18 Å². The number of ether oxygens (including phenoxy) is 1. The SMILES string of the molecule is COc1ncc(C=CC#N)cc1C(F)(F)F. The lowest BCUT2D eigenvalue weighted by atomic mass is 10.2. The lowest BCUT2D eigenvalue weighted by Gasteiger charge is -2.10. The highest BCUT2D eigenvalue weighted by Crippen LogP contribution is 2.35. The van der Waals surface area contributed by atoms with Crippen LogP contribution in [-0.2, 0) is 6.18 Å². The van der Waals surface area contributed by atoms with E-state index in [0.29, 0.717) is 0 Å². The minimum Gasteiger partial charge on any atom is -0.481 e. The first-order valence-corrected chi connectivity index (χ1v) is 4.16. The summed E-state index contributed by atoms with van der Waals surface area (Å²) in [7, 11) is 1.11. The molecule has 1 heterocycles. The number of nitrogens with zero attached hydrogens (tertiary/aromatic N) is 2. The van der Waals surface area contributed by atoms with Gasteiger partial charge in [-0.2, -0.15) is 18.4 Å². The van der Waals surface area contributed by atoms with Crippen molar-refractivity contribution in [2.75, 3.05) is 7.11 Å². The fourth-order valence-electron chi connectivity index (χ4n) is 1.06.